The summed E-state index contributed by atoms with van der Waals surface area (Å²) in [5.41, 5.74) is 1.41. The van der Waals surface area contributed by atoms with Crippen LogP contribution in [0.15, 0.2) is 48.5 Å². The standard InChI is InChI=1S/C16H13ClO3/c1-20-16(19)14-10-12(17)7-8-13(14)15(18)9-11-5-3-2-4-6-11/h2-8,10H,9H2,1H3. The number of rotatable bonds is 4. The van der Waals surface area contributed by atoms with Crippen LogP contribution in [-0.2, 0) is 11.2 Å². The first-order valence-electron chi connectivity index (χ1n) is 6.07. The summed E-state index contributed by atoms with van der Waals surface area (Å²) < 4.78 is 4.68. The smallest absolute Gasteiger partial charge is 0.338 e. The van der Waals surface area contributed by atoms with Gasteiger partial charge in [0.2, 0.25) is 0 Å². The summed E-state index contributed by atoms with van der Waals surface area (Å²) in [6, 6.07) is 13.9. The first kappa shape index (κ1) is 14.3. The lowest BCUT2D eigenvalue weighted by Crippen LogP contribution is -2.12. The van der Waals surface area contributed by atoms with Gasteiger partial charge in [0.25, 0.3) is 0 Å². The van der Waals surface area contributed by atoms with Crippen LogP contribution in [0, 0.1) is 0 Å². The van der Waals surface area contributed by atoms with Gasteiger partial charge in [0.05, 0.1) is 12.7 Å². The minimum atomic E-state index is -0.566. The van der Waals surface area contributed by atoms with E-state index in [1.54, 1.807) is 12.1 Å². The van der Waals surface area contributed by atoms with E-state index in [0.29, 0.717) is 10.6 Å². The Morgan fingerprint density at radius 1 is 1.05 bits per heavy atom. The lowest BCUT2D eigenvalue weighted by atomic mass is 9.98. The van der Waals surface area contributed by atoms with E-state index in [1.807, 2.05) is 30.3 Å². The molecule has 0 aliphatic rings. The van der Waals surface area contributed by atoms with Gasteiger partial charge in [-0.15, -0.1) is 0 Å². The topological polar surface area (TPSA) is 43.4 Å². The average Bonchev–Trinajstić information content (AvgIpc) is 2.47. The Bertz CT molecular complexity index is 635. The number of ether oxygens (including phenoxy) is 1. The van der Waals surface area contributed by atoms with Gasteiger partial charge >= 0.3 is 5.97 Å². The molecule has 102 valence electrons. The SMILES string of the molecule is COC(=O)c1cc(Cl)ccc1C(=O)Cc1ccccc1. The van der Waals surface area contributed by atoms with Crippen LogP contribution in [0.4, 0.5) is 0 Å². The van der Waals surface area contributed by atoms with Crippen molar-refractivity contribution in [1.82, 2.24) is 0 Å². The lowest BCUT2D eigenvalue weighted by molar-refractivity contribution is 0.0597. The second-order valence-corrected chi connectivity index (χ2v) is 4.70. The van der Waals surface area contributed by atoms with E-state index in [4.69, 9.17) is 11.6 Å². The van der Waals surface area contributed by atoms with Gasteiger partial charge < -0.3 is 4.74 Å². The van der Waals surface area contributed by atoms with Crippen molar-refractivity contribution in [2.75, 3.05) is 7.11 Å². The largest absolute Gasteiger partial charge is 0.465 e. The summed E-state index contributed by atoms with van der Waals surface area (Å²) >= 11 is 5.86. The van der Waals surface area contributed by atoms with Gasteiger partial charge in [-0.2, -0.15) is 0 Å². The minimum absolute atomic E-state index is 0.145. The van der Waals surface area contributed by atoms with Gasteiger partial charge in [0, 0.05) is 17.0 Å². The van der Waals surface area contributed by atoms with Crippen LogP contribution >= 0.6 is 11.6 Å². The Kier molecular flexibility index (Phi) is 4.53. The molecule has 0 spiro atoms. The maximum Gasteiger partial charge on any atom is 0.338 e. The third-order valence-corrected chi connectivity index (χ3v) is 3.13. The normalized spacial score (nSPS) is 10.1. The van der Waals surface area contributed by atoms with Crippen molar-refractivity contribution in [3.63, 3.8) is 0 Å². The number of carbonyl (C=O) groups is 2. The molecule has 0 bridgehead atoms. The number of Topliss-reactive ketones (excluding diaryl/α,β-unsaturated/α-hetero) is 1. The van der Waals surface area contributed by atoms with Crippen LogP contribution in [0.25, 0.3) is 0 Å². The maximum absolute atomic E-state index is 12.3. The Balaban J connectivity index is 2.32. The fourth-order valence-corrected chi connectivity index (χ4v) is 2.09. The fourth-order valence-electron chi connectivity index (χ4n) is 1.91. The van der Waals surface area contributed by atoms with Crippen molar-refractivity contribution >= 4 is 23.4 Å². The molecule has 0 saturated heterocycles. The zero-order chi connectivity index (χ0) is 14.5. The number of halogens is 1. The molecule has 20 heavy (non-hydrogen) atoms. The lowest BCUT2D eigenvalue weighted by Gasteiger charge is -2.08. The van der Waals surface area contributed by atoms with E-state index in [2.05, 4.69) is 4.74 Å². The van der Waals surface area contributed by atoms with Crippen molar-refractivity contribution in [3.8, 4) is 0 Å². The van der Waals surface area contributed by atoms with Crippen LogP contribution in [0.1, 0.15) is 26.3 Å². The third kappa shape index (κ3) is 3.25. The van der Waals surface area contributed by atoms with E-state index in [0.717, 1.165) is 5.56 Å². The molecular weight excluding hydrogens is 276 g/mol. The van der Waals surface area contributed by atoms with Crippen molar-refractivity contribution in [2.45, 2.75) is 6.42 Å². The van der Waals surface area contributed by atoms with Crippen molar-refractivity contribution in [1.29, 1.82) is 0 Å². The molecule has 2 aromatic rings. The number of methoxy groups -OCH3 is 1. The highest BCUT2D eigenvalue weighted by Crippen LogP contribution is 2.19. The highest BCUT2D eigenvalue weighted by Gasteiger charge is 2.18. The summed E-state index contributed by atoms with van der Waals surface area (Å²) in [6.45, 7) is 0. The Morgan fingerprint density at radius 2 is 1.75 bits per heavy atom. The molecule has 0 amide bonds. The molecule has 0 N–H and O–H groups in total. The molecule has 0 aliphatic heterocycles. The zero-order valence-corrected chi connectivity index (χ0v) is 11.7. The van der Waals surface area contributed by atoms with E-state index < -0.39 is 5.97 Å². The van der Waals surface area contributed by atoms with E-state index in [1.165, 1.54) is 13.2 Å². The molecular formula is C16H13ClO3. The molecule has 0 aromatic heterocycles. The predicted molar refractivity (Wildman–Crippen MR) is 77.3 cm³/mol. The molecule has 4 heteroatoms. The highest BCUT2D eigenvalue weighted by atomic mass is 35.5. The second kappa shape index (κ2) is 6.35. The number of hydrogen-bond donors (Lipinski definition) is 0. The highest BCUT2D eigenvalue weighted by molar-refractivity contribution is 6.31. The Hall–Kier alpha value is -2.13. The third-order valence-electron chi connectivity index (χ3n) is 2.89. The van der Waals surface area contributed by atoms with Crippen LogP contribution in [0.5, 0.6) is 0 Å². The van der Waals surface area contributed by atoms with Gasteiger partial charge in [-0.3, -0.25) is 4.79 Å². The number of hydrogen-bond acceptors (Lipinski definition) is 3. The average molecular weight is 289 g/mol. The molecule has 2 aromatic carbocycles. The van der Waals surface area contributed by atoms with Gasteiger partial charge in [0.15, 0.2) is 5.78 Å². The van der Waals surface area contributed by atoms with Crippen LogP contribution in [-0.4, -0.2) is 18.9 Å². The quantitative estimate of drug-likeness (QED) is 0.638. The van der Waals surface area contributed by atoms with Gasteiger partial charge in [0.1, 0.15) is 0 Å². The summed E-state index contributed by atoms with van der Waals surface area (Å²) in [6.07, 6.45) is 0.229. The maximum atomic E-state index is 12.3. The number of ketones is 1. The monoisotopic (exact) mass is 288 g/mol. The van der Waals surface area contributed by atoms with Gasteiger partial charge in [-0.1, -0.05) is 41.9 Å². The van der Waals surface area contributed by atoms with E-state index >= 15 is 0 Å². The molecule has 0 aliphatic carbocycles. The second-order valence-electron chi connectivity index (χ2n) is 4.27. The van der Waals surface area contributed by atoms with Crippen molar-refractivity contribution in [2.24, 2.45) is 0 Å². The minimum Gasteiger partial charge on any atom is -0.465 e. The Morgan fingerprint density at radius 3 is 2.40 bits per heavy atom. The summed E-state index contributed by atoms with van der Waals surface area (Å²) in [4.78, 5) is 24.0. The van der Waals surface area contributed by atoms with Crippen LogP contribution in [0.2, 0.25) is 5.02 Å². The number of esters is 1. The van der Waals surface area contributed by atoms with Gasteiger partial charge in [-0.25, -0.2) is 4.79 Å². The molecule has 0 radical (unpaired) electrons. The van der Waals surface area contributed by atoms with E-state index in [-0.39, 0.29) is 17.8 Å². The van der Waals surface area contributed by atoms with Gasteiger partial charge in [-0.05, 0) is 23.8 Å². The zero-order valence-electron chi connectivity index (χ0n) is 10.9. The Labute approximate surface area is 122 Å². The molecule has 0 atom stereocenters. The summed E-state index contributed by atoms with van der Waals surface area (Å²) in [5, 5.41) is 0.390. The molecule has 2 rings (SSSR count). The molecule has 0 unspecified atom stereocenters. The first-order valence-corrected chi connectivity index (χ1v) is 6.44. The molecule has 0 fully saturated rings. The fraction of sp³-hybridized carbons (Fsp3) is 0.125. The summed E-state index contributed by atoms with van der Waals surface area (Å²) in [7, 11) is 1.27. The molecule has 3 nitrogen and oxygen atoms in total. The van der Waals surface area contributed by atoms with Crippen molar-refractivity contribution < 1.29 is 14.3 Å². The molecule has 0 heterocycles. The van der Waals surface area contributed by atoms with Crippen LogP contribution in [0.3, 0.4) is 0 Å². The number of carbonyl (C=O) groups excluding carboxylic acids is 2. The first-order chi connectivity index (χ1) is 9.61. The van der Waals surface area contributed by atoms with Crippen LogP contribution < -0.4 is 0 Å². The van der Waals surface area contributed by atoms with Crippen molar-refractivity contribution in [3.05, 3.63) is 70.2 Å². The van der Waals surface area contributed by atoms with E-state index in [9.17, 15) is 9.59 Å². The predicted octanol–water partition coefficient (Wildman–Crippen LogP) is 3.55. The number of benzene rings is 2. The summed E-state index contributed by atoms with van der Waals surface area (Å²) in [5.74, 6) is -0.711. The molecule has 0 saturated carbocycles.